The Balaban J connectivity index is 1.82. The van der Waals surface area contributed by atoms with Gasteiger partial charge in [-0.3, -0.25) is 14.4 Å². The molecule has 0 radical (unpaired) electrons. The molecule has 1 aromatic carbocycles. The highest BCUT2D eigenvalue weighted by atomic mass is 79.9. The third-order valence-electron chi connectivity index (χ3n) is 5.15. The number of anilines is 1. The molecule has 0 bridgehead atoms. The number of hydrogen-bond acceptors (Lipinski definition) is 3. The summed E-state index contributed by atoms with van der Waals surface area (Å²) in [5.74, 6) is -0.669. The van der Waals surface area contributed by atoms with Crippen molar-refractivity contribution in [2.45, 2.75) is 44.6 Å². The zero-order chi connectivity index (χ0) is 18.7. The molecule has 1 atom stereocenters. The normalized spacial score (nSPS) is 21.1. The molecule has 138 valence electrons. The van der Waals surface area contributed by atoms with Gasteiger partial charge in [0.1, 0.15) is 6.04 Å². The summed E-state index contributed by atoms with van der Waals surface area (Å²) in [6.07, 6.45) is 6.61. The molecule has 1 unspecified atom stereocenters. The van der Waals surface area contributed by atoms with Crippen molar-refractivity contribution in [3.05, 3.63) is 41.4 Å². The first-order chi connectivity index (χ1) is 12.5. The van der Waals surface area contributed by atoms with Crippen LogP contribution >= 0.6 is 15.9 Å². The molecule has 3 amide bonds. The van der Waals surface area contributed by atoms with Crippen LogP contribution < -0.4 is 4.90 Å². The van der Waals surface area contributed by atoms with Crippen LogP contribution in [0, 0.1) is 5.92 Å². The van der Waals surface area contributed by atoms with Gasteiger partial charge in [-0.2, -0.15) is 0 Å². The van der Waals surface area contributed by atoms with E-state index in [9.17, 15) is 14.4 Å². The second kappa shape index (κ2) is 8.16. The minimum absolute atomic E-state index is 0.0200. The average Bonchev–Trinajstić information content (AvgIpc) is 2.95. The maximum absolute atomic E-state index is 13.0. The predicted molar refractivity (Wildman–Crippen MR) is 104 cm³/mol. The topological polar surface area (TPSA) is 57.7 Å². The summed E-state index contributed by atoms with van der Waals surface area (Å²) in [5.41, 5.74) is 0.536. The van der Waals surface area contributed by atoms with Crippen molar-refractivity contribution in [1.29, 1.82) is 0 Å². The Hall–Kier alpha value is -1.95. The average molecular weight is 419 g/mol. The molecule has 1 saturated carbocycles. The van der Waals surface area contributed by atoms with E-state index in [1.165, 1.54) is 4.90 Å². The van der Waals surface area contributed by atoms with Crippen molar-refractivity contribution < 1.29 is 14.4 Å². The first-order valence-electron chi connectivity index (χ1n) is 9.06. The summed E-state index contributed by atoms with van der Waals surface area (Å²) < 4.78 is 0.873. The molecule has 1 aliphatic carbocycles. The number of hydrogen-bond donors (Lipinski definition) is 0. The quantitative estimate of drug-likeness (QED) is 0.541. The first kappa shape index (κ1) is 18.8. The molecule has 1 heterocycles. The Kier molecular flexibility index (Phi) is 5.91. The van der Waals surface area contributed by atoms with Gasteiger partial charge in [0.05, 0.1) is 12.1 Å². The number of rotatable bonds is 5. The second-order valence-electron chi connectivity index (χ2n) is 6.88. The standard InChI is InChI=1S/C20H23BrN2O3/c1-2-12-22(19(25)14-6-4-3-5-7-14)17-13-18(24)23(20(17)26)16-10-8-15(21)9-11-16/h2,8-11,14,17H,1,3-7,12-13H2. The van der Waals surface area contributed by atoms with Crippen LogP contribution in [0.1, 0.15) is 38.5 Å². The van der Waals surface area contributed by atoms with E-state index in [2.05, 4.69) is 22.5 Å². The lowest BCUT2D eigenvalue weighted by Crippen LogP contribution is -2.48. The van der Waals surface area contributed by atoms with E-state index >= 15 is 0 Å². The maximum Gasteiger partial charge on any atom is 0.257 e. The van der Waals surface area contributed by atoms with E-state index in [4.69, 9.17) is 0 Å². The Bertz CT molecular complexity index is 710. The van der Waals surface area contributed by atoms with E-state index in [0.717, 1.165) is 36.6 Å². The Morgan fingerprint density at radius 1 is 1.19 bits per heavy atom. The minimum Gasteiger partial charge on any atom is -0.326 e. The predicted octanol–water partition coefficient (Wildman–Crippen LogP) is 3.68. The number of benzene rings is 1. The molecule has 2 aliphatic rings. The zero-order valence-corrected chi connectivity index (χ0v) is 16.3. The highest BCUT2D eigenvalue weighted by molar-refractivity contribution is 9.10. The van der Waals surface area contributed by atoms with Crippen LogP contribution in [0.3, 0.4) is 0 Å². The van der Waals surface area contributed by atoms with Gasteiger partial charge in [0.2, 0.25) is 11.8 Å². The first-order valence-corrected chi connectivity index (χ1v) is 9.86. The number of nitrogens with zero attached hydrogens (tertiary/aromatic N) is 2. The van der Waals surface area contributed by atoms with Crippen LogP contribution in [0.5, 0.6) is 0 Å². The third kappa shape index (κ3) is 3.75. The van der Waals surface area contributed by atoms with Gasteiger partial charge in [-0.1, -0.05) is 41.3 Å². The van der Waals surface area contributed by atoms with Crippen LogP contribution in [0.4, 0.5) is 5.69 Å². The molecule has 6 heteroatoms. The number of carbonyl (C=O) groups excluding carboxylic acids is 3. The Labute approximate surface area is 162 Å². The van der Waals surface area contributed by atoms with Crippen LogP contribution in [0.15, 0.2) is 41.4 Å². The van der Waals surface area contributed by atoms with Crippen LogP contribution in [0.2, 0.25) is 0 Å². The molecule has 2 fully saturated rings. The lowest BCUT2D eigenvalue weighted by molar-refractivity contribution is -0.142. The lowest BCUT2D eigenvalue weighted by Gasteiger charge is -2.31. The van der Waals surface area contributed by atoms with Crippen molar-refractivity contribution in [2.75, 3.05) is 11.4 Å². The van der Waals surface area contributed by atoms with Crippen LogP contribution in [-0.2, 0) is 14.4 Å². The summed E-state index contributed by atoms with van der Waals surface area (Å²) in [4.78, 5) is 41.2. The smallest absolute Gasteiger partial charge is 0.257 e. The van der Waals surface area contributed by atoms with Crippen molar-refractivity contribution in [3.8, 4) is 0 Å². The SMILES string of the molecule is C=CCN(C(=O)C1CCCCC1)C1CC(=O)N(c2ccc(Br)cc2)C1=O. The molecular formula is C20H23BrN2O3. The van der Waals surface area contributed by atoms with Crippen molar-refractivity contribution >= 4 is 39.3 Å². The molecule has 26 heavy (non-hydrogen) atoms. The molecule has 0 aromatic heterocycles. The van der Waals surface area contributed by atoms with Gasteiger partial charge in [-0.15, -0.1) is 6.58 Å². The fraction of sp³-hybridized carbons (Fsp3) is 0.450. The molecule has 0 N–H and O–H groups in total. The molecule has 1 aromatic rings. The van der Waals surface area contributed by atoms with Gasteiger partial charge >= 0.3 is 0 Å². The van der Waals surface area contributed by atoms with Crippen LogP contribution in [0.25, 0.3) is 0 Å². The van der Waals surface area contributed by atoms with E-state index < -0.39 is 6.04 Å². The van der Waals surface area contributed by atoms with E-state index in [1.54, 1.807) is 35.2 Å². The van der Waals surface area contributed by atoms with Gasteiger partial charge in [-0.05, 0) is 37.1 Å². The summed E-state index contributed by atoms with van der Waals surface area (Å²) in [5, 5.41) is 0. The number of carbonyl (C=O) groups is 3. The Morgan fingerprint density at radius 2 is 1.85 bits per heavy atom. The van der Waals surface area contributed by atoms with Gasteiger partial charge in [0.25, 0.3) is 5.91 Å². The van der Waals surface area contributed by atoms with Crippen LogP contribution in [-0.4, -0.2) is 35.2 Å². The monoisotopic (exact) mass is 418 g/mol. The highest BCUT2D eigenvalue weighted by Crippen LogP contribution is 2.30. The number of imide groups is 1. The van der Waals surface area contributed by atoms with Crippen molar-refractivity contribution in [2.24, 2.45) is 5.92 Å². The van der Waals surface area contributed by atoms with Crippen molar-refractivity contribution in [3.63, 3.8) is 0 Å². The minimum atomic E-state index is -0.737. The van der Waals surface area contributed by atoms with E-state index in [0.29, 0.717) is 5.69 Å². The van der Waals surface area contributed by atoms with Gasteiger partial charge < -0.3 is 4.90 Å². The lowest BCUT2D eigenvalue weighted by atomic mass is 9.88. The highest BCUT2D eigenvalue weighted by Gasteiger charge is 2.45. The fourth-order valence-electron chi connectivity index (χ4n) is 3.81. The second-order valence-corrected chi connectivity index (χ2v) is 7.79. The largest absolute Gasteiger partial charge is 0.326 e. The van der Waals surface area contributed by atoms with Crippen molar-refractivity contribution in [1.82, 2.24) is 4.90 Å². The van der Waals surface area contributed by atoms with E-state index in [-0.39, 0.29) is 36.6 Å². The summed E-state index contributed by atoms with van der Waals surface area (Å²) in [7, 11) is 0. The molecule has 1 aliphatic heterocycles. The number of amides is 3. The zero-order valence-electron chi connectivity index (χ0n) is 14.7. The summed E-state index contributed by atoms with van der Waals surface area (Å²) in [6, 6.07) is 6.29. The maximum atomic E-state index is 13.0. The Morgan fingerprint density at radius 3 is 2.46 bits per heavy atom. The summed E-state index contributed by atoms with van der Waals surface area (Å²) >= 11 is 3.35. The third-order valence-corrected chi connectivity index (χ3v) is 5.68. The van der Waals surface area contributed by atoms with Gasteiger partial charge in [0, 0.05) is 16.9 Å². The molecular weight excluding hydrogens is 396 g/mol. The molecule has 0 spiro atoms. The number of halogens is 1. The fourth-order valence-corrected chi connectivity index (χ4v) is 4.08. The van der Waals surface area contributed by atoms with Gasteiger partial charge in [-0.25, -0.2) is 4.90 Å². The molecule has 5 nitrogen and oxygen atoms in total. The van der Waals surface area contributed by atoms with Gasteiger partial charge in [0.15, 0.2) is 0 Å². The summed E-state index contributed by atoms with van der Waals surface area (Å²) in [6.45, 7) is 4.01. The van der Waals surface area contributed by atoms with E-state index in [1.807, 2.05) is 0 Å². The molecule has 3 rings (SSSR count). The molecule has 1 saturated heterocycles.